The molecule has 0 aliphatic carbocycles. The Morgan fingerprint density at radius 2 is 1.55 bits per heavy atom. The highest BCUT2D eigenvalue weighted by Crippen LogP contribution is 2.44. The highest BCUT2D eigenvalue weighted by molar-refractivity contribution is 9.10. The van der Waals surface area contributed by atoms with E-state index in [9.17, 15) is 4.79 Å². The number of halogens is 1. The summed E-state index contributed by atoms with van der Waals surface area (Å²) in [5.74, 6) is 1.16. The average Bonchev–Trinajstić information content (AvgIpc) is 3.36. The summed E-state index contributed by atoms with van der Waals surface area (Å²) in [6, 6.07) is 4.73. The van der Waals surface area contributed by atoms with Crippen LogP contribution < -0.4 is 4.90 Å². The molecular weight excluding hydrogens is 630 g/mol. The normalized spacial score (nSPS) is 21.3. The van der Waals surface area contributed by atoms with Crippen LogP contribution in [0.2, 0.25) is 51.4 Å². The Labute approximate surface area is 262 Å². The van der Waals surface area contributed by atoms with Crippen molar-refractivity contribution in [2.75, 3.05) is 31.6 Å². The van der Waals surface area contributed by atoms with E-state index in [-0.39, 0.29) is 24.1 Å². The number of amides is 1. The molecule has 3 atom stereocenters. The van der Waals surface area contributed by atoms with Gasteiger partial charge in [0.15, 0.2) is 5.65 Å². The molecule has 2 aliphatic heterocycles. The van der Waals surface area contributed by atoms with Gasteiger partial charge in [-0.3, -0.25) is 0 Å². The zero-order chi connectivity index (χ0) is 30.9. The van der Waals surface area contributed by atoms with Crippen LogP contribution in [-0.4, -0.2) is 86.1 Å². The Morgan fingerprint density at radius 1 is 1.00 bits per heavy atom. The number of piperidine rings is 1. The molecule has 0 radical (unpaired) electrons. The van der Waals surface area contributed by atoms with Crippen LogP contribution in [0.5, 0.6) is 0 Å². The van der Waals surface area contributed by atoms with Crippen LogP contribution in [0.3, 0.4) is 0 Å². The second-order valence-electron chi connectivity index (χ2n) is 15.4. The Hall–Kier alpha value is -1.48. The van der Waals surface area contributed by atoms with Crippen LogP contribution in [0.15, 0.2) is 16.7 Å². The summed E-state index contributed by atoms with van der Waals surface area (Å²) in [6.07, 6.45) is 5.39. The lowest BCUT2D eigenvalue weighted by molar-refractivity contribution is 0.00569. The average molecular weight is 683 g/mol. The van der Waals surface area contributed by atoms with Gasteiger partial charge in [-0.25, -0.2) is 9.78 Å². The fraction of sp³-hybridized carbons (Fsp3) is 0.767. The summed E-state index contributed by atoms with van der Waals surface area (Å²) in [5, 5.41) is 4.67. The first-order valence-electron chi connectivity index (χ1n) is 15.5. The van der Waals surface area contributed by atoms with Gasteiger partial charge in [0.1, 0.15) is 24.9 Å². The second kappa shape index (κ2) is 13.3. The highest BCUT2D eigenvalue weighted by atomic mass is 79.9. The number of nitrogens with zero attached hydrogens (tertiary/aromatic N) is 5. The summed E-state index contributed by atoms with van der Waals surface area (Å²) in [4.78, 5) is 22.3. The molecule has 1 amide bonds. The van der Waals surface area contributed by atoms with E-state index >= 15 is 0 Å². The van der Waals surface area contributed by atoms with Gasteiger partial charge in [-0.05, 0) is 74.5 Å². The summed E-state index contributed by atoms with van der Waals surface area (Å²) in [5.41, 5.74) is 1.33. The van der Waals surface area contributed by atoms with Crippen molar-refractivity contribution in [3.63, 3.8) is 0 Å². The van der Waals surface area contributed by atoms with E-state index in [0.29, 0.717) is 13.5 Å². The van der Waals surface area contributed by atoms with Crippen molar-refractivity contribution >= 4 is 49.6 Å². The van der Waals surface area contributed by atoms with Gasteiger partial charge in [0.25, 0.3) is 0 Å². The van der Waals surface area contributed by atoms with E-state index in [2.05, 4.69) is 71.3 Å². The monoisotopic (exact) mass is 681 g/mol. The smallest absolute Gasteiger partial charge is 0.410 e. The van der Waals surface area contributed by atoms with Crippen LogP contribution in [0.1, 0.15) is 58.1 Å². The molecule has 236 valence electrons. The minimum Gasteiger partial charge on any atom is -0.444 e. The zero-order valence-corrected chi connectivity index (χ0v) is 30.8. The third kappa shape index (κ3) is 9.03. The molecule has 0 N–H and O–H groups in total. The number of anilines is 1. The summed E-state index contributed by atoms with van der Waals surface area (Å²) in [6.45, 7) is 22.3. The standard InChI is InChI=1S/C30H52BrN5O4Si2/c1-30(2,3)40-29(37)35-23-10-11-24(35)17-22(16-23)26-18-27(36-28(33-26)25(31)19-32-36)34(20-38-12-14-41(4,5)6)21-39-13-15-42(7,8)9/h18-19,22-24H,10-17,20-21H2,1-9H3/t22?,23-,24+. The van der Waals surface area contributed by atoms with E-state index in [0.717, 1.165) is 72.6 Å². The Kier molecular flexibility index (Phi) is 10.5. The molecule has 0 spiro atoms. The SMILES string of the molecule is CC(C)(C)OC(=O)N1[C@@H]2CC[C@H]1CC(c1cc(N(COCC[Si](C)(C)C)COCC[Si](C)(C)C)n3ncc(Br)c3n1)C2. The number of rotatable bonds is 12. The quantitative estimate of drug-likeness (QED) is 0.130. The Morgan fingerprint density at radius 3 is 2.05 bits per heavy atom. The summed E-state index contributed by atoms with van der Waals surface area (Å²) >= 11 is 3.69. The maximum atomic E-state index is 13.1. The maximum absolute atomic E-state index is 13.1. The van der Waals surface area contributed by atoms with Gasteiger partial charge < -0.3 is 24.0 Å². The van der Waals surface area contributed by atoms with Gasteiger partial charge in [-0.15, -0.1) is 0 Å². The van der Waals surface area contributed by atoms with Gasteiger partial charge in [0.05, 0.1) is 10.7 Å². The molecule has 42 heavy (non-hydrogen) atoms. The largest absolute Gasteiger partial charge is 0.444 e. The van der Waals surface area contributed by atoms with Crippen molar-refractivity contribution in [3.05, 3.63) is 22.4 Å². The van der Waals surface area contributed by atoms with E-state index in [1.54, 1.807) is 6.20 Å². The lowest BCUT2D eigenvalue weighted by atomic mass is 9.88. The van der Waals surface area contributed by atoms with E-state index in [1.165, 1.54) is 0 Å². The van der Waals surface area contributed by atoms with Gasteiger partial charge in [0, 0.05) is 59.1 Å². The minimum absolute atomic E-state index is 0.171. The molecule has 1 unspecified atom stereocenters. The van der Waals surface area contributed by atoms with Crippen molar-refractivity contribution in [2.24, 2.45) is 0 Å². The number of carbonyl (C=O) groups excluding carboxylic acids is 1. The van der Waals surface area contributed by atoms with Gasteiger partial charge in [0.2, 0.25) is 0 Å². The van der Waals surface area contributed by atoms with Crippen molar-refractivity contribution in [1.29, 1.82) is 0 Å². The highest BCUT2D eigenvalue weighted by Gasteiger charge is 2.45. The third-order valence-corrected chi connectivity index (χ3v) is 12.0. The van der Waals surface area contributed by atoms with E-state index < -0.39 is 21.7 Å². The molecule has 12 heteroatoms. The van der Waals surface area contributed by atoms with Gasteiger partial charge in [-0.1, -0.05) is 39.3 Å². The first-order chi connectivity index (χ1) is 19.5. The van der Waals surface area contributed by atoms with Crippen LogP contribution >= 0.6 is 15.9 Å². The molecular formula is C30H52BrN5O4Si2. The van der Waals surface area contributed by atoms with E-state index in [4.69, 9.17) is 19.2 Å². The summed E-state index contributed by atoms with van der Waals surface area (Å²) < 4.78 is 21.0. The molecule has 2 fully saturated rings. The predicted molar refractivity (Wildman–Crippen MR) is 178 cm³/mol. The van der Waals surface area contributed by atoms with Crippen molar-refractivity contribution < 1.29 is 19.0 Å². The summed E-state index contributed by atoms with van der Waals surface area (Å²) in [7, 11) is -2.42. The topological polar surface area (TPSA) is 81.4 Å². The lowest BCUT2D eigenvalue weighted by Gasteiger charge is -2.39. The molecule has 2 aliphatic rings. The molecule has 4 rings (SSSR count). The molecule has 9 nitrogen and oxygen atoms in total. The fourth-order valence-electron chi connectivity index (χ4n) is 5.68. The predicted octanol–water partition coefficient (Wildman–Crippen LogP) is 7.57. The second-order valence-corrected chi connectivity index (χ2v) is 27.5. The van der Waals surface area contributed by atoms with Crippen LogP contribution in [0, 0.1) is 0 Å². The minimum atomic E-state index is -1.21. The lowest BCUT2D eigenvalue weighted by Crippen LogP contribution is -2.48. The van der Waals surface area contributed by atoms with Crippen LogP contribution in [0.25, 0.3) is 5.65 Å². The number of ether oxygens (including phenoxy) is 3. The zero-order valence-electron chi connectivity index (χ0n) is 27.2. The van der Waals surface area contributed by atoms with Gasteiger partial charge in [-0.2, -0.15) is 9.61 Å². The number of hydrogen-bond donors (Lipinski definition) is 0. The first kappa shape index (κ1) is 33.4. The molecule has 2 saturated heterocycles. The van der Waals surface area contributed by atoms with Gasteiger partial charge >= 0.3 is 6.09 Å². The number of fused-ring (bicyclic) bond motifs is 3. The van der Waals surface area contributed by atoms with E-state index in [1.807, 2.05) is 30.2 Å². The molecule has 2 aromatic heterocycles. The number of hydrogen-bond acceptors (Lipinski definition) is 7. The Bertz CT molecular complexity index is 1190. The molecule has 2 bridgehead atoms. The van der Waals surface area contributed by atoms with Crippen LogP contribution in [0.4, 0.5) is 10.6 Å². The molecule has 4 heterocycles. The Balaban J connectivity index is 1.58. The number of carbonyl (C=O) groups is 1. The maximum Gasteiger partial charge on any atom is 0.410 e. The fourth-order valence-corrected chi connectivity index (χ4v) is 7.54. The van der Waals surface area contributed by atoms with Crippen molar-refractivity contribution in [2.45, 2.75) is 121 Å². The number of aromatic nitrogens is 3. The van der Waals surface area contributed by atoms with Crippen LogP contribution in [-0.2, 0) is 14.2 Å². The molecule has 0 aromatic carbocycles. The van der Waals surface area contributed by atoms with Crippen molar-refractivity contribution in [1.82, 2.24) is 19.5 Å². The third-order valence-electron chi connectivity index (χ3n) is 8.00. The van der Waals surface area contributed by atoms with Crippen molar-refractivity contribution in [3.8, 4) is 0 Å². The first-order valence-corrected chi connectivity index (χ1v) is 23.7. The molecule has 0 saturated carbocycles. The molecule has 2 aromatic rings.